The molecule has 1 unspecified atom stereocenters. The molecule has 1 heterocycles. The smallest absolute Gasteiger partial charge is 0.323 e. The summed E-state index contributed by atoms with van der Waals surface area (Å²) in [5.74, 6) is -0.791. The van der Waals surface area contributed by atoms with Crippen LogP contribution in [-0.2, 0) is 11.2 Å². The van der Waals surface area contributed by atoms with Crippen LogP contribution in [0.3, 0.4) is 0 Å². The number of nitrogens with one attached hydrogen (secondary N) is 1. The molecule has 4 heteroatoms. The molecule has 1 aromatic rings. The normalized spacial score (nSPS) is 17.4. The molecule has 0 bridgehead atoms. The van der Waals surface area contributed by atoms with Gasteiger partial charge in [0.05, 0.1) is 0 Å². The van der Waals surface area contributed by atoms with Gasteiger partial charge in [-0.05, 0) is 51.8 Å². The predicted molar refractivity (Wildman–Crippen MR) is 81.4 cm³/mol. The van der Waals surface area contributed by atoms with Gasteiger partial charge in [0.2, 0.25) is 0 Å². The van der Waals surface area contributed by atoms with Crippen molar-refractivity contribution >= 4 is 11.7 Å². The topological polar surface area (TPSA) is 52.6 Å². The van der Waals surface area contributed by atoms with Crippen LogP contribution in [0.4, 0.5) is 5.69 Å². The van der Waals surface area contributed by atoms with E-state index in [1.54, 1.807) is 14.0 Å². The van der Waals surface area contributed by atoms with Crippen molar-refractivity contribution in [3.63, 3.8) is 0 Å². The van der Waals surface area contributed by atoms with E-state index in [0.717, 1.165) is 25.9 Å². The Balaban J connectivity index is 2.11. The molecule has 1 aromatic carbocycles. The quantitative estimate of drug-likeness (QED) is 0.865. The summed E-state index contributed by atoms with van der Waals surface area (Å²) in [4.78, 5) is 13.7. The molecule has 0 fully saturated rings. The standard InChI is InChI=1S/C16H24N2O2/c1-12-6-7-14-13(11-12)5-4-9-18(14)10-8-16(2,17-3)15(19)20/h6-7,11,17H,4-5,8-10H2,1-3H3,(H,19,20). The molecule has 0 spiro atoms. The van der Waals surface area contributed by atoms with Gasteiger partial charge in [0.1, 0.15) is 5.54 Å². The van der Waals surface area contributed by atoms with Crippen molar-refractivity contribution < 1.29 is 9.90 Å². The highest BCUT2D eigenvalue weighted by Crippen LogP contribution is 2.28. The molecule has 4 nitrogen and oxygen atoms in total. The Morgan fingerprint density at radius 2 is 2.25 bits per heavy atom. The van der Waals surface area contributed by atoms with Gasteiger partial charge >= 0.3 is 5.97 Å². The van der Waals surface area contributed by atoms with Gasteiger partial charge in [0.25, 0.3) is 0 Å². The maximum Gasteiger partial charge on any atom is 0.323 e. The zero-order valence-electron chi connectivity index (χ0n) is 12.6. The lowest BCUT2D eigenvalue weighted by Gasteiger charge is -2.34. The second-order valence-electron chi connectivity index (χ2n) is 5.86. The van der Waals surface area contributed by atoms with E-state index in [2.05, 4.69) is 35.3 Å². The van der Waals surface area contributed by atoms with E-state index in [0.29, 0.717) is 6.42 Å². The monoisotopic (exact) mass is 276 g/mol. The Bertz CT molecular complexity index is 501. The van der Waals surface area contributed by atoms with Gasteiger partial charge in [-0.2, -0.15) is 0 Å². The average molecular weight is 276 g/mol. The number of carboxylic acids is 1. The summed E-state index contributed by atoms with van der Waals surface area (Å²) in [6.07, 6.45) is 2.85. The highest BCUT2D eigenvalue weighted by atomic mass is 16.4. The van der Waals surface area contributed by atoms with E-state index in [4.69, 9.17) is 0 Å². The molecule has 110 valence electrons. The lowest BCUT2D eigenvalue weighted by Crippen LogP contribution is -2.50. The van der Waals surface area contributed by atoms with E-state index in [1.165, 1.54) is 16.8 Å². The van der Waals surface area contributed by atoms with Crippen LogP contribution >= 0.6 is 0 Å². The van der Waals surface area contributed by atoms with Gasteiger partial charge in [0, 0.05) is 18.8 Å². The molecule has 0 amide bonds. The Morgan fingerprint density at radius 3 is 2.90 bits per heavy atom. The number of hydrogen-bond donors (Lipinski definition) is 2. The van der Waals surface area contributed by atoms with Crippen LogP contribution in [0.5, 0.6) is 0 Å². The molecule has 1 atom stereocenters. The molecule has 1 aliphatic heterocycles. The van der Waals surface area contributed by atoms with E-state index in [9.17, 15) is 9.90 Å². The van der Waals surface area contributed by atoms with E-state index < -0.39 is 11.5 Å². The summed E-state index contributed by atoms with van der Waals surface area (Å²) in [5, 5.41) is 12.2. The molecular weight excluding hydrogens is 252 g/mol. The Kier molecular flexibility index (Phi) is 4.33. The first-order chi connectivity index (χ1) is 9.46. The fraction of sp³-hybridized carbons (Fsp3) is 0.562. The highest BCUT2D eigenvalue weighted by Gasteiger charge is 2.31. The van der Waals surface area contributed by atoms with Crippen molar-refractivity contribution in [2.75, 3.05) is 25.0 Å². The Hall–Kier alpha value is -1.55. The van der Waals surface area contributed by atoms with Gasteiger partial charge in [-0.1, -0.05) is 17.7 Å². The number of aryl methyl sites for hydroxylation is 2. The molecule has 2 rings (SSSR count). The van der Waals surface area contributed by atoms with Crippen molar-refractivity contribution in [3.8, 4) is 0 Å². The van der Waals surface area contributed by atoms with Crippen LogP contribution in [0, 0.1) is 6.92 Å². The first-order valence-electron chi connectivity index (χ1n) is 7.23. The molecule has 0 saturated heterocycles. The van der Waals surface area contributed by atoms with Gasteiger partial charge < -0.3 is 15.3 Å². The number of rotatable bonds is 5. The number of benzene rings is 1. The van der Waals surface area contributed by atoms with Crippen molar-refractivity contribution in [3.05, 3.63) is 29.3 Å². The zero-order valence-corrected chi connectivity index (χ0v) is 12.6. The zero-order chi connectivity index (χ0) is 14.8. The number of hydrogen-bond acceptors (Lipinski definition) is 3. The number of anilines is 1. The summed E-state index contributed by atoms with van der Waals surface area (Å²) in [7, 11) is 1.71. The summed E-state index contributed by atoms with van der Waals surface area (Å²) in [6, 6.07) is 6.54. The number of carboxylic acid groups (broad SMARTS) is 1. The molecule has 1 aliphatic rings. The second kappa shape index (κ2) is 5.83. The summed E-state index contributed by atoms with van der Waals surface area (Å²) < 4.78 is 0. The van der Waals surface area contributed by atoms with Crippen LogP contribution in [0.15, 0.2) is 18.2 Å². The third-order valence-corrected chi connectivity index (χ3v) is 4.36. The van der Waals surface area contributed by atoms with Crippen molar-refractivity contribution in [1.82, 2.24) is 5.32 Å². The minimum Gasteiger partial charge on any atom is -0.480 e. The lowest BCUT2D eigenvalue weighted by atomic mass is 9.95. The highest BCUT2D eigenvalue weighted by molar-refractivity contribution is 5.78. The number of nitrogens with zero attached hydrogens (tertiary/aromatic N) is 1. The maximum atomic E-state index is 11.3. The van der Waals surface area contributed by atoms with Crippen LogP contribution in [0.2, 0.25) is 0 Å². The molecular formula is C16H24N2O2. The SMILES string of the molecule is CNC(C)(CCN1CCCc2cc(C)ccc21)C(=O)O. The van der Waals surface area contributed by atoms with E-state index >= 15 is 0 Å². The maximum absolute atomic E-state index is 11.3. The number of likely N-dealkylation sites (N-methyl/N-ethyl adjacent to an activating group) is 1. The van der Waals surface area contributed by atoms with E-state index in [1.807, 2.05) is 0 Å². The largest absolute Gasteiger partial charge is 0.480 e. The second-order valence-corrected chi connectivity index (χ2v) is 5.86. The Labute approximate surface area is 120 Å². The van der Waals surface area contributed by atoms with Gasteiger partial charge in [-0.3, -0.25) is 4.79 Å². The third kappa shape index (κ3) is 2.96. The first-order valence-corrected chi connectivity index (χ1v) is 7.23. The van der Waals surface area contributed by atoms with Crippen molar-refractivity contribution in [2.45, 2.75) is 38.6 Å². The predicted octanol–water partition coefficient (Wildman–Crippen LogP) is 2.20. The molecule has 0 saturated carbocycles. The van der Waals surface area contributed by atoms with Crippen LogP contribution < -0.4 is 10.2 Å². The van der Waals surface area contributed by atoms with Crippen LogP contribution in [0.1, 0.15) is 30.9 Å². The minimum absolute atomic E-state index is 0.589. The first kappa shape index (κ1) is 14.9. The fourth-order valence-corrected chi connectivity index (χ4v) is 2.73. The van der Waals surface area contributed by atoms with E-state index in [-0.39, 0.29) is 0 Å². The fourth-order valence-electron chi connectivity index (χ4n) is 2.73. The third-order valence-electron chi connectivity index (χ3n) is 4.36. The molecule has 0 radical (unpaired) electrons. The van der Waals surface area contributed by atoms with Gasteiger partial charge in [0.15, 0.2) is 0 Å². The number of fused-ring (bicyclic) bond motifs is 1. The van der Waals surface area contributed by atoms with Gasteiger partial charge in [-0.15, -0.1) is 0 Å². The molecule has 0 aliphatic carbocycles. The summed E-state index contributed by atoms with van der Waals surface area (Å²) in [6.45, 7) is 5.63. The van der Waals surface area contributed by atoms with Crippen LogP contribution in [0.25, 0.3) is 0 Å². The van der Waals surface area contributed by atoms with Crippen LogP contribution in [-0.4, -0.2) is 36.8 Å². The number of aliphatic carboxylic acids is 1. The molecule has 20 heavy (non-hydrogen) atoms. The molecule has 2 N–H and O–H groups in total. The summed E-state index contributed by atoms with van der Waals surface area (Å²) in [5.41, 5.74) is 3.09. The van der Waals surface area contributed by atoms with Gasteiger partial charge in [-0.25, -0.2) is 0 Å². The van der Waals surface area contributed by atoms with Crippen molar-refractivity contribution in [2.24, 2.45) is 0 Å². The minimum atomic E-state index is -0.859. The molecule has 0 aromatic heterocycles. The van der Waals surface area contributed by atoms with Crippen molar-refractivity contribution in [1.29, 1.82) is 0 Å². The summed E-state index contributed by atoms with van der Waals surface area (Å²) >= 11 is 0. The average Bonchev–Trinajstić information content (AvgIpc) is 2.44. The number of carbonyl (C=O) groups is 1. The Morgan fingerprint density at radius 1 is 1.50 bits per heavy atom. The lowest BCUT2D eigenvalue weighted by molar-refractivity contribution is -0.144.